The van der Waals surface area contributed by atoms with Gasteiger partial charge in [-0.3, -0.25) is 9.48 Å². The summed E-state index contributed by atoms with van der Waals surface area (Å²) in [5, 5.41) is 6.87. The van der Waals surface area contributed by atoms with Gasteiger partial charge in [0.25, 0.3) is 5.91 Å². The molecule has 88 valence electrons. The van der Waals surface area contributed by atoms with E-state index < -0.39 is 0 Å². The van der Waals surface area contributed by atoms with E-state index in [0.717, 1.165) is 12.1 Å². The Hall–Kier alpha value is -2.17. The smallest absolute Gasteiger partial charge is 0.277 e. The van der Waals surface area contributed by atoms with E-state index in [0.29, 0.717) is 11.5 Å². The van der Waals surface area contributed by atoms with Gasteiger partial charge >= 0.3 is 0 Å². The van der Waals surface area contributed by atoms with E-state index in [1.54, 1.807) is 23.1 Å². The number of hydrogen-bond donors (Lipinski definition) is 1. The summed E-state index contributed by atoms with van der Waals surface area (Å²) in [5.74, 6) is 0.336. The van der Waals surface area contributed by atoms with Crippen molar-refractivity contribution in [1.82, 2.24) is 14.8 Å². The Morgan fingerprint density at radius 2 is 2.29 bits per heavy atom. The fourth-order valence-corrected chi connectivity index (χ4v) is 1.45. The number of carbonyl (C=O) groups is 1. The van der Waals surface area contributed by atoms with Crippen molar-refractivity contribution in [3.63, 3.8) is 0 Å². The number of nitrogens with one attached hydrogen (secondary N) is 1. The maximum atomic E-state index is 11.9. The van der Waals surface area contributed by atoms with Gasteiger partial charge < -0.3 is 5.32 Å². The predicted octanol–water partition coefficient (Wildman–Crippen LogP) is 1.86. The van der Waals surface area contributed by atoms with Crippen LogP contribution in [0.25, 0.3) is 0 Å². The molecule has 0 aromatic carbocycles. The molecule has 0 aliphatic rings. The standard InChI is InChI=1S/C12H14N4O/c1-3-16-8-6-10(15-16)12(17)14-11-9(2)5-4-7-13-11/h4-8H,3H2,1-2H3,(H,13,14,17). The van der Waals surface area contributed by atoms with Gasteiger partial charge in [-0.05, 0) is 31.5 Å². The van der Waals surface area contributed by atoms with Crippen LogP contribution in [0, 0.1) is 6.92 Å². The second kappa shape index (κ2) is 4.78. The van der Waals surface area contributed by atoms with Crippen LogP contribution in [-0.2, 0) is 6.54 Å². The monoisotopic (exact) mass is 230 g/mol. The minimum Gasteiger partial charge on any atom is -0.305 e. The fraction of sp³-hybridized carbons (Fsp3) is 0.250. The Morgan fingerprint density at radius 1 is 1.47 bits per heavy atom. The van der Waals surface area contributed by atoms with Crippen LogP contribution in [0.3, 0.4) is 0 Å². The van der Waals surface area contributed by atoms with Crippen molar-refractivity contribution >= 4 is 11.7 Å². The van der Waals surface area contributed by atoms with Crippen LogP contribution in [0.5, 0.6) is 0 Å². The number of rotatable bonds is 3. The van der Waals surface area contributed by atoms with Crippen LogP contribution in [-0.4, -0.2) is 20.7 Å². The van der Waals surface area contributed by atoms with Crippen LogP contribution < -0.4 is 5.32 Å². The van der Waals surface area contributed by atoms with Crippen molar-refractivity contribution < 1.29 is 4.79 Å². The van der Waals surface area contributed by atoms with Crippen molar-refractivity contribution in [3.8, 4) is 0 Å². The van der Waals surface area contributed by atoms with Gasteiger partial charge in [-0.25, -0.2) is 4.98 Å². The Kier molecular flexibility index (Phi) is 3.18. The fourth-order valence-electron chi connectivity index (χ4n) is 1.45. The van der Waals surface area contributed by atoms with E-state index in [1.807, 2.05) is 26.0 Å². The van der Waals surface area contributed by atoms with Gasteiger partial charge in [0.05, 0.1) is 0 Å². The molecule has 1 amide bonds. The van der Waals surface area contributed by atoms with Crippen LogP contribution >= 0.6 is 0 Å². The SMILES string of the molecule is CCn1ccc(C(=O)Nc2ncccc2C)n1. The average molecular weight is 230 g/mol. The average Bonchev–Trinajstić information content (AvgIpc) is 2.81. The molecule has 0 atom stereocenters. The highest BCUT2D eigenvalue weighted by molar-refractivity contribution is 6.02. The molecular weight excluding hydrogens is 216 g/mol. The molecule has 0 saturated carbocycles. The molecule has 5 heteroatoms. The van der Waals surface area contributed by atoms with Crippen molar-refractivity contribution in [1.29, 1.82) is 0 Å². The molecule has 2 aromatic rings. The van der Waals surface area contributed by atoms with Crippen LogP contribution in [0.2, 0.25) is 0 Å². The first kappa shape index (κ1) is 11.3. The first-order valence-corrected chi connectivity index (χ1v) is 5.47. The third-order valence-electron chi connectivity index (χ3n) is 2.44. The Bertz CT molecular complexity index is 533. The summed E-state index contributed by atoms with van der Waals surface area (Å²) in [6.45, 7) is 4.61. The van der Waals surface area contributed by atoms with E-state index in [9.17, 15) is 4.79 Å². The zero-order valence-corrected chi connectivity index (χ0v) is 9.84. The highest BCUT2D eigenvalue weighted by Gasteiger charge is 2.10. The molecule has 0 bridgehead atoms. The maximum absolute atomic E-state index is 11.9. The van der Waals surface area contributed by atoms with Gasteiger partial charge in [-0.15, -0.1) is 0 Å². The van der Waals surface area contributed by atoms with E-state index in [4.69, 9.17) is 0 Å². The number of anilines is 1. The predicted molar refractivity (Wildman–Crippen MR) is 64.8 cm³/mol. The minimum absolute atomic E-state index is 0.237. The summed E-state index contributed by atoms with van der Waals surface area (Å²) in [6.07, 6.45) is 3.42. The van der Waals surface area contributed by atoms with Gasteiger partial charge in [0.15, 0.2) is 5.69 Å². The molecule has 0 saturated heterocycles. The molecular formula is C12H14N4O. The number of aromatic nitrogens is 3. The minimum atomic E-state index is -0.237. The number of hydrogen-bond acceptors (Lipinski definition) is 3. The van der Waals surface area contributed by atoms with Crippen LogP contribution in [0.1, 0.15) is 23.0 Å². The van der Waals surface area contributed by atoms with Crippen molar-refractivity contribution in [2.75, 3.05) is 5.32 Å². The molecule has 0 aliphatic heterocycles. The summed E-state index contributed by atoms with van der Waals surface area (Å²) < 4.78 is 1.71. The van der Waals surface area contributed by atoms with E-state index in [2.05, 4.69) is 15.4 Å². The van der Waals surface area contributed by atoms with Crippen molar-refractivity contribution in [2.24, 2.45) is 0 Å². The third kappa shape index (κ3) is 2.50. The van der Waals surface area contributed by atoms with Gasteiger partial charge in [0.1, 0.15) is 5.82 Å². The van der Waals surface area contributed by atoms with E-state index >= 15 is 0 Å². The molecule has 0 unspecified atom stereocenters. The molecule has 2 heterocycles. The lowest BCUT2D eigenvalue weighted by atomic mass is 10.3. The largest absolute Gasteiger partial charge is 0.305 e. The maximum Gasteiger partial charge on any atom is 0.277 e. The normalized spacial score (nSPS) is 10.2. The van der Waals surface area contributed by atoms with Gasteiger partial charge in [-0.2, -0.15) is 5.10 Å². The molecule has 2 rings (SSSR count). The molecule has 0 radical (unpaired) electrons. The van der Waals surface area contributed by atoms with Crippen molar-refractivity contribution in [3.05, 3.63) is 41.9 Å². The first-order chi connectivity index (χ1) is 8.20. The number of aryl methyl sites for hydroxylation is 2. The Morgan fingerprint density at radius 3 is 2.94 bits per heavy atom. The summed E-state index contributed by atoms with van der Waals surface area (Å²) in [4.78, 5) is 16.0. The lowest BCUT2D eigenvalue weighted by molar-refractivity contribution is 0.102. The Labute approximate surface area is 99.5 Å². The molecule has 5 nitrogen and oxygen atoms in total. The topological polar surface area (TPSA) is 59.8 Å². The second-order valence-corrected chi connectivity index (χ2v) is 3.68. The second-order valence-electron chi connectivity index (χ2n) is 3.68. The zero-order valence-electron chi connectivity index (χ0n) is 9.84. The number of pyridine rings is 1. The summed E-state index contributed by atoms with van der Waals surface area (Å²) in [5.41, 5.74) is 1.33. The summed E-state index contributed by atoms with van der Waals surface area (Å²) in [7, 11) is 0. The highest BCUT2D eigenvalue weighted by atomic mass is 16.2. The lowest BCUT2D eigenvalue weighted by Crippen LogP contribution is -2.15. The molecule has 0 aliphatic carbocycles. The number of amides is 1. The molecule has 2 aromatic heterocycles. The number of nitrogens with zero attached hydrogens (tertiary/aromatic N) is 3. The summed E-state index contributed by atoms with van der Waals surface area (Å²) >= 11 is 0. The molecule has 17 heavy (non-hydrogen) atoms. The van der Waals surface area contributed by atoms with Gasteiger partial charge in [0.2, 0.25) is 0 Å². The third-order valence-corrected chi connectivity index (χ3v) is 2.44. The van der Waals surface area contributed by atoms with Crippen molar-refractivity contribution in [2.45, 2.75) is 20.4 Å². The zero-order chi connectivity index (χ0) is 12.3. The highest BCUT2D eigenvalue weighted by Crippen LogP contribution is 2.10. The molecule has 0 fully saturated rings. The lowest BCUT2D eigenvalue weighted by Gasteiger charge is -2.04. The summed E-state index contributed by atoms with van der Waals surface area (Å²) in [6, 6.07) is 5.42. The van der Waals surface area contributed by atoms with Gasteiger partial charge in [-0.1, -0.05) is 6.07 Å². The molecule has 0 spiro atoms. The van der Waals surface area contributed by atoms with E-state index in [1.165, 1.54) is 0 Å². The Balaban J connectivity index is 2.14. The van der Waals surface area contributed by atoms with Crippen LogP contribution in [0.15, 0.2) is 30.6 Å². The first-order valence-electron chi connectivity index (χ1n) is 5.47. The number of carbonyl (C=O) groups excluding carboxylic acids is 1. The van der Waals surface area contributed by atoms with Crippen LogP contribution in [0.4, 0.5) is 5.82 Å². The van der Waals surface area contributed by atoms with E-state index in [-0.39, 0.29) is 5.91 Å². The quantitative estimate of drug-likeness (QED) is 0.875. The molecule has 1 N–H and O–H groups in total. The van der Waals surface area contributed by atoms with Gasteiger partial charge in [0, 0.05) is 18.9 Å².